The minimum atomic E-state index is -0.472. The highest BCUT2D eigenvalue weighted by Gasteiger charge is 2.34. The van der Waals surface area contributed by atoms with Crippen LogP contribution in [0.3, 0.4) is 0 Å². The number of carbonyl (C=O) groups excluding carboxylic acids is 3. The van der Waals surface area contributed by atoms with Gasteiger partial charge in [0.1, 0.15) is 5.82 Å². The summed E-state index contributed by atoms with van der Waals surface area (Å²) in [6, 6.07) is 8.45. The van der Waals surface area contributed by atoms with Gasteiger partial charge in [-0.1, -0.05) is 17.7 Å². The molecule has 10 heteroatoms. The first-order valence-electron chi connectivity index (χ1n) is 9.83. The van der Waals surface area contributed by atoms with E-state index in [9.17, 15) is 18.8 Å². The fourth-order valence-corrected chi connectivity index (χ4v) is 4.00. The van der Waals surface area contributed by atoms with Gasteiger partial charge in [0, 0.05) is 12.2 Å². The van der Waals surface area contributed by atoms with Crippen LogP contribution in [0, 0.1) is 5.82 Å². The molecule has 1 heterocycles. The first kappa shape index (κ1) is 24.3. The van der Waals surface area contributed by atoms with Crippen molar-refractivity contribution in [2.45, 2.75) is 6.92 Å². The van der Waals surface area contributed by atoms with Crippen LogP contribution in [0.1, 0.15) is 12.5 Å². The molecule has 7 nitrogen and oxygen atoms in total. The van der Waals surface area contributed by atoms with Crippen molar-refractivity contribution in [1.29, 1.82) is 0 Å². The summed E-state index contributed by atoms with van der Waals surface area (Å²) in [5, 5.41) is 2.36. The molecule has 0 unspecified atom stereocenters. The number of imide groups is 1. The largest absolute Gasteiger partial charge is 0.490 e. The minimum Gasteiger partial charge on any atom is -0.490 e. The zero-order chi connectivity index (χ0) is 24.0. The van der Waals surface area contributed by atoms with Gasteiger partial charge in [-0.3, -0.25) is 19.3 Å². The topological polar surface area (TPSA) is 84.9 Å². The number of benzene rings is 2. The molecule has 2 aromatic carbocycles. The zero-order valence-corrected chi connectivity index (χ0v) is 19.2. The third kappa shape index (κ3) is 6.15. The third-order valence-electron chi connectivity index (χ3n) is 4.29. The van der Waals surface area contributed by atoms with Crippen LogP contribution in [0.2, 0.25) is 5.02 Å². The molecule has 3 rings (SSSR count). The van der Waals surface area contributed by atoms with Crippen molar-refractivity contribution < 1.29 is 28.2 Å². The second kappa shape index (κ2) is 11.0. The minimum absolute atomic E-state index is 0.125. The van der Waals surface area contributed by atoms with Crippen LogP contribution in [0.25, 0.3) is 6.08 Å². The smallest absolute Gasteiger partial charge is 0.293 e. The van der Waals surface area contributed by atoms with E-state index in [1.54, 1.807) is 19.1 Å². The van der Waals surface area contributed by atoms with Crippen LogP contribution >= 0.6 is 23.4 Å². The van der Waals surface area contributed by atoms with Crippen molar-refractivity contribution in [3.63, 3.8) is 0 Å². The van der Waals surface area contributed by atoms with Crippen molar-refractivity contribution in [2.24, 2.45) is 0 Å². The van der Waals surface area contributed by atoms with Crippen molar-refractivity contribution in [2.75, 3.05) is 25.1 Å². The molecule has 1 fully saturated rings. The molecule has 33 heavy (non-hydrogen) atoms. The van der Waals surface area contributed by atoms with E-state index in [2.05, 4.69) is 11.9 Å². The molecule has 1 aliphatic rings. The Morgan fingerprint density at radius 1 is 1.24 bits per heavy atom. The molecule has 2 aromatic rings. The van der Waals surface area contributed by atoms with E-state index in [1.165, 1.54) is 36.4 Å². The molecule has 0 bridgehead atoms. The van der Waals surface area contributed by atoms with Gasteiger partial charge in [0.2, 0.25) is 0 Å². The Hall–Kier alpha value is -3.30. The van der Waals surface area contributed by atoms with Crippen LogP contribution in [-0.4, -0.2) is 41.7 Å². The number of nitrogens with one attached hydrogen (secondary N) is 1. The number of carbonyl (C=O) groups is 3. The van der Waals surface area contributed by atoms with E-state index in [4.69, 9.17) is 21.1 Å². The van der Waals surface area contributed by atoms with Crippen molar-refractivity contribution in [3.8, 4) is 11.5 Å². The van der Waals surface area contributed by atoms with Gasteiger partial charge in [-0.15, -0.1) is 6.58 Å². The Morgan fingerprint density at radius 2 is 1.97 bits per heavy atom. The maximum Gasteiger partial charge on any atom is 0.293 e. The van der Waals surface area contributed by atoms with Crippen molar-refractivity contribution >= 4 is 52.2 Å². The number of thioether (sulfide) groups is 1. The Labute approximate surface area is 199 Å². The monoisotopic (exact) mass is 490 g/mol. The van der Waals surface area contributed by atoms with E-state index in [1.807, 2.05) is 0 Å². The SMILES string of the molecule is C=CCN1C(=O)S/C(=C/c2cc(Cl)c(OCC(=O)Nc3ccc(F)cc3)c(OCC)c2)C1=O. The molecular formula is C23H20ClFN2O5S. The van der Waals surface area contributed by atoms with Crippen LogP contribution in [0.15, 0.2) is 54.0 Å². The summed E-state index contributed by atoms with van der Waals surface area (Å²) < 4.78 is 24.2. The van der Waals surface area contributed by atoms with E-state index < -0.39 is 17.6 Å². The zero-order valence-electron chi connectivity index (χ0n) is 17.6. The molecule has 0 spiro atoms. The van der Waals surface area contributed by atoms with Gasteiger partial charge in [0.15, 0.2) is 18.1 Å². The van der Waals surface area contributed by atoms with E-state index in [-0.39, 0.29) is 39.8 Å². The molecule has 0 radical (unpaired) electrons. The summed E-state index contributed by atoms with van der Waals surface area (Å²) in [6.45, 7) is 5.38. The predicted octanol–water partition coefficient (Wildman–Crippen LogP) is 5.12. The third-order valence-corrected chi connectivity index (χ3v) is 5.48. The fraction of sp³-hybridized carbons (Fsp3) is 0.174. The van der Waals surface area contributed by atoms with Crippen LogP contribution in [0.5, 0.6) is 11.5 Å². The standard InChI is InChI=1S/C23H20ClFN2O5S/c1-3-9-27-22(29)19(33-23(27)30)12-14-10-17(24)21(18(11-14)31-4-2)32-13-20(28)26-16-7-5-15(25)6-8-16/h3,5-8,10-12H,1,4,9,13H2,2H3,(H,26,28)/b19-12+. The lowest BCUT2D eigenvalue weighted by Gasteiger charge is -2.14. The summed E-state index contributed by atoms with van der Waals surface area (Å²) in [7, 11) is 0. The fourth-order valence-electron chi connectivity index (χ4n) is 2.88. The van der Waals surface area contributed by atoms with E-state index in [0.29, 0.717) is 17.9 Å². The number of hydrogen-bond donors (Lipinski definition) is 1. The molecule has 0 aromatic heterocycles. The van der Waals surface area contributed by atoms with Gasteiger partial charge in [-0.05, 0) is 66.7 Å². The number of anilines is 1. The van der Waals surface area contributed by atoms with E-state index >= 15 is 0 Å². The van der Waals surface area contributed by atoms with Crippen LogP contribution < -0.4 is 14.8 Å². The Morgan fingerprint density at radius 3 is 2.64 bits per heavy atom. The highest BCUT2D eigenvalue weighted by molar-refractivity contribution is 8.18. The van der Waals surface area contributed by atoms with Gasteiger partial charge in [0.05, 0.1) is 16.5 Å². The van der Waals surface area contributed by atoms with E-state index in [0.717, 1.165) is 16.7 Å². The lowest BCUT2D eigenvalue weighted by molar-refractivity contribution is -0.122. The second-order valence-electron chi connectivity index (χ2n) is 6.69. The second-order valence-corrected chi connectivity index (χ2v) is 8.09. The first-order valence-corrected chi connectivity index (χ1v) is 11.0. The normalized spacial score (nSPS) is 14.5. The van der Waals surface area contributed by atoms with Crippen molar-refractivity contribution in [3.05, 3.63) is 70.4 Å². The Balaban J connectivity index is 1.76. The molecule has 0 saturated carbocycles. The summed E-state index contributed by atoms with van der Waals surface area (Å²) in [4.78, 5) is 38.0. The van der Waals surface area contributed by atoms with Crippen LogP contribution in [0.4, 0.5) is 14.9 Å². The average Bonchev–Trinajstić information content (AvgIpc) is 3.02. The summed E-state index contributed by atoms with van der Waals surface area (Å²) in [5.74, 6) is -0.874. The maximum atomic E-state index is 13.0. The lowest BCUT2D eigenvalue weighted by atomic mass is 10.1. The van der Waals surface area contributed by atoms with Crippen molar-refractivity contribution in [1.82, 2.24) is 4.90 Å². The van der Waals surface area contributed by atoms with Gasteiger partial charge in [-0.25, -0.2) is 4.39 Å². The highest BCUT2D eigenvalue weighted by Crippen LogP contribution is 2.39. The number of nitrogens with zero attached hydrogens (tertiary/aromatic N) is 1. The molecule has 1 aliphatic heterocycles. The van der Waals surface area contributed by atoms with Crippen LogP contribution in [-0.2, 0) is 9.59 Å². The molecule has 1 saturated heterocycles. The number of amides is 3. The molecular weight excluding hydrogens is 471 g/mol. The lowest BCUT2D eigenvalue weighted by Crippen LogP contribution is -2.27. The highest BCUT2D eigenvalue weighted by atomic mass is 35.5. The average molecular weight is 491 g/mol. The first-order chi connectivity index (χ1) is 15.8. The van der Waals surface area contributed by atoms with Gasteiger partial charge < -0.3 is 14.8 Å². The molecule has 3 amide bonds. The Kier molecular flexibility index (Phi) is 8.13. The Bertz CT molecular complexity index is 1120. The van der Waals surface area contributed by atoms with Gasteiger partial charge >= 0.3 is 0 Å². The number of hydrogen-bond acceptors (Lipinski definition) is 6. The predicted molar refractivity (Wildman–Crippen MR) is 126 cm³/mol. The molecule has 0 aliphatic carbocycles. The molecule has 172 valence electrons. The molecule has 0 atom stereocenters. The molecule has 1 N–H and O–H groups in total. The summed E-state index contributed by atoms with van der Waals surface area (Å²) >= 11 is 7.19. The quantitative estimate of drug-likeness (QED) is 0.388. The number of rotatable bonds is 9. The number of ether oxygens (including phenoxy) is 2. The maximum absolute atomic E-state index is 13.0. The van der Waals surface area contributed by atoms with Gasteiger partial charge in [-0.2, -0.15) is 0 Å². The summed E-state index contributed by atoms with van der Waals surface area (Å²) in [6.07, 6.45) is 3.01. The summed E-state index contributed by atoms with van der Waals surface area (Å²) in [5.41, 5.74) is 0.942. The number of halogens is 2. The van der Waals surface area contributed by atoms with Gasteiger partial charge in [0.25, 0.3) is 17.1 Å².